The molecule has 1 aliphatic carbocycles. The second-order valence-electron chi connectivity index (χ2n) is 17.3. The molecule has 2 aliphatic rings. The Labute approximate surface area is 381 Å². The minimum atomic E-state index is 0.826. The molecule has 0 atom stereocenters. The molecule has 3 aromatic heterocycles. The van der Waals surface area contributed by atoms with E-state index < -0.39 is 0 Å². The van der Waals surface area contributed by atoms with Gasteiger partial charge in [0.05, 0.1) is 17.1 Å². The van der Waals surface area contributed by atoms with Crippen LogP contribution in [0.15, 0.2) is 221 Å². The van der Waals surface area contributed by atoms with Gasteiger partial charge in [-0.2, -0.15) is 0 Å². The highest BCUT2D eigenvalue weighted by molar-refractivity contribution is 6.13. The lowest BCUT2D eigenvalue weighted by molar-refractivity contribution is 0.669. The lowest BCUT2D eigenvalue weighted by Crippen LogP contribution is -2.36. The third-order valence-corrected chi connectivity index (χ3v) is 13.8. The first-order chi connectivity index (χ1) is 32.7. The molecule has 1 aliphatic heterocycles. The van der Waals surface area contributed by atoms with Gasteiger partial charge in [-0.15, -0.1) is 0 Å². The number of benzene rings is 9. The van der Waals surface area contributed by atoms with Gasteiger partial charge in [-0.1, -0.05) is 140 Å². The first-order valence-corrected chi connectivity index (χ1v) is 22.6. The Morgan fingerprint density at radius 3 is 1.35 bits per heavy atom. The first kappa shape index (κ1) is 36.8. The summed E-state index contributed by atoms with van der Waals surface area (Å²) in [5.41, 5.74) is 21.2. The number of hydrogen-bond donors (Lipinski definition) is 0. The van der Waals surface area contributed by atoms with Crippen LogP contribution in [0, 0.1) is 0 Å². The van der Waals surface area contributed by atoms with Crippen LogP contribution in [-0.2, 0) is 0 Å². The molecular weight excluding hydrogens is 807 g/mol. The van der Waals surface area contributed by atoms with Gasteiger partial charge in [-0.25, -0.2) is 0 Å². The molecule has 12 aromatic rings. The number of fused-ring (bicyclic) bond motifs is 15. The molecule has 14 rings (SSSR count). The average Bonchev–Trinajstić information content (AvgIpc) is 3.97. The molecule has 5 nitrogen and oxygen atoms in total. The van der Waals surface area contributed by atoms with Crippen molar-refractivity contribution in [2.75, 3.05) is 22.9 Å². The Morgan fingerprint density at radius 1 is 0.333 bits per heavy atom. The second kappa shape index (κ2) is 14.4. The van der Waals surface area contributed by atoms with E-state index in [9.17, 15) is 0 Å². The minimum Gasteiger partial charge on any atom is -0.455 e. The predicted octanol–water partition coefficient (Wildman–Crippen LogP) is 16.5. The molecule has 0 N–H and O–H groups in total. The molecule has 0 fully saturated rings. The van der Waals surface area contributed by atoms with Gasteiger partial charge in [0, 0.05) is 74.5 Å². The van der Waals surface area contributed by atoms with E-state index in [1.807, 2.05) is 18.3 Å². The lowest BCUT2D eigenvalue weighted by atomic mass is 9.80. The zero-order valence-electron chi connectivity index (χ0n) is 35.8. The number of furan rings is 2. The number of pyridine rings is 1. The average molecular weight is 846 g/mol. The van der Waals surface area contributed by atoms with E-state index in [1.165, 1.54) is 11.4 Å². The number of para-hydroxylation sites is 6. The van der Waals surface area contributed by atoms with Gasteiger partial charge in [-0.3, -0.25) is 4.98 Å². The number of rotatable bonds is 4. The number of hydrogen-bond acceptors (Lipinski definition) is 5. The van der Waals surface area contributed by atoms with Crippen LogP contribution in [0.4, 0.5) is 22.7 Å². The highest BCUT2D eigenvalue weighted by atomic mass is 16.3. The summed E-state index contributed by atoms with van der Waals surface area (Å²) < 4.78 is 13.3. The maximum absolute atomic E-state index is 6.68. The summed E-state index contributed by atoms with van der Waals surface area (Å²) in [6, 6.07) is 74.2. The van der Waals surface area contributed by atoms with Crippen LogP contribution in [-0.4, -0.2) is 18.1 Å². The van der Waals surface area contributed by atoms with E-state index in [2.05, 4.69) is 204 Å². The molecule has 310 valence electrons. The van der Waals surface area contributed by atoms with Crippen LogP contribution in [0.3, 0.4) is 0 Å². The Hall–Kier alpha value is -8.67. The van der Waals surface area contributed by atoms with E-state index >= 15 is 0 Å². The normalized spacial score (nSPS) is 13.0. The summed E-state index contributed by atoms with van der Waals surface area (Å²) in [6.07, 6.45) is 1.93. The van der Waals surface area contributed by atoms with Gasteiger partial charge in [0.1, 0.15) is 22.3 Å². The molecule has 0 spiro atoms. The van der Waals surface area contributed by atoms with Crippen molar-refractivity contribution in [3.05, 3.63) is 212 Å². The van der Waals surface area contributed by atoms with E-state index in [1.54, 1.807) is 0 Å². The third-order valence-electron chi connectivity index (χ3n) is 13.8. The first-order valence-electron chi connectivity index (χ1n) is 22.6. The molecule has 5 heteroatoms. The maximum Gasteiger partial charge on any atom is 0.143 e. The fourth-order valence-electron chi connectivity index (χ4n) is 10.7. The fraction of sp³-hybridized carbons (Fsp3) is 0.0328. The molecule has 4 heterocycles. The molecule has 0 amide bonds. The van der Waals surface area contributed by atoms with Crippen LogP contribution in [0.1, 0.15) is 0 Å². The Kier molecular flexibility index (Phi) is 8.04. The maximum atomic E-state index is 6.68. The Bertz CT molecular complexity index is 3900. The Balaban J connectivity index is 1.07. The van der Waals surface area contributed by atoms with Crippen molar-refractivity contribution < 1.29 is 8.83 Å². The smallest absolute Gasteiger partial charge is 0.143 e. The van der Waals surface area contributed by atoms with Crippen molar-refractivity contribution in [3.8, 4) is 66.9 Å². The minimum absolute atomic E-state index is 0.826. The molecular formula is C61H39N3O2. The van der Waals surface area contributed by atoms with E-state index in [4.69, 9.17) is 13.8 Å². The van der Waals surface area contributed by atoms with Crippen LogP contribution in [0.2, 0.25) is 0 Å². The highest BCUT2D eigenvalue weighted by Gasteiger charge is 2.31. The van der Waals surface area contributed by atoms with Gasteiger partial charge >= 0.3 is 0 Å². The summed E-state index contributed by atoms with van der Waals surface area (Å²) in [7, 11) is 0. The van der Waals surface area contributed by atoms with Gasteiger partial charge in [0.15, 0.2) is 0 Å². The van der Waals surface area contributed by atoms with Gasteiger partial charge in [0.2, 0.25) is 0 Å². The van der Waals surface area contributed by atoms with Crippen molar-refractivity contribution in [1.29, 1.82) is 0 Å². The predicted molar refractivity (Wildman–Crippen MR) is 272 cm³/mol. The Morgan fingerprint density at radius 2 is 0.788 bits per heavy atom. The van der Waals surface area contributed by atoms with E-state index in [0.717, 1.165) is 135 Å². The zero-order valence-corrected chi connectivity index (χ0v) is 35.8. The lowest BCUT2D eigenvalue weighted by Gasteiger charge is -2.40. The number of nitrogens with zero attached hydrogens (tertiary/aromatic N) is 3. The number of anilines is 4. The molecule has 0 saturated carbocycles. The van der Waals surface area contributed by atoms with Crippen molar-refractivity contribution in [2.24, 2.45) is 0 Å². The van der Waals surface area contributed by atoms with Gasteiger partial charge < -0.3 is 18.6 Å². The molecule has 0 saturated heterocycles. The summed E-state index contributed by atoms with van der Waals surface area (Å²) in [6.45, 7) is 1.66. The SMILES string of the molecule is c1ccc(N2CCN(c3ccccc3)c3cc4c(cc32)-c2ccc(-c3cccc5c3oc3ccccc35)cc2-c2cc(-c3cccc5c3oc3ccccc35)ccc2-c2cccnc2-4)cc1. The standard InChI is InChI=1S/C61H39N3O2/c1-3-14-40(15-4-1)63-32-33-64(41-16-5-2-6-17-41)56-37-54-53(36-55(56)63)45-30-28-39(43-21-12-23-50-47-19-8-10-26-58(47)66-61(43)50)35-52(45)51-34-38(27-29-44(51)48-24-13-31-62-59(48)54)42-20-11-22-49-46-18-7-9-25-57(46)65-60(42)49/h1-31,34-37H,32-33H2. The second-order valence-corrected chi connectivity index (χ2v) is 17.3. The molecule has 0 radical (unpaired) electrons. The quantitative estimate of drug-likeness (QED) is 0.177. The summed E-state index contributed by atoms with van der Waals surface area (Å²) in [5, 5.41) is 4.45. The summed E-state index contributed by atoms with van der Waals surface area (Å²) in [5.74, 6) is 0. The third kappa shape index (κ3) is 5.56. The van der Waals surface area contributed by atoms with Crippen molar-refractivity contribution >= 4 is 66.6 Å². The van der Waals surface area contributed by atoms with E-state index in [-0.39, 0.29) is 0 Å². The molecule has 66 heavy (non-hydrogen) atoms. The van der Waals surface area contributed by atoms with Crippen LogP contribution in [0.5, 0.6) is 0 Å². The largest absolute Gasteiger partial charge is 0.455 e. The molecule has 0 bridgehead atoms. The topological polar surface area (TPSA) is 45.7 Å². The van der Waals surface area contributed by atoms with Gasteiger partial charge in [0.25, 0.3) is 0 Å². The zero-order chi connectivity index (χ0) is 43.3. The van der Waals surface area contributed by atoms with Gasteiger partial charge in [-0.05, 0) is 106 Å². The van der Waals surface area contributed by atoms with E-state index in [0.29, 0.717) is 0 Å². The summed E-state index contributed by atoms with van der Waals surface area (Å²) >= 11 is 0. The monoisotopic (exact) mass is 845 g/mol. The van der Waals surface area contributed by atoms with Crippen molar-refractivity contribution in [2.45, 2.75) is 0 Å². The van der Waals surface area contributed by atoms with Crippen LogP contribution < -0.4 is 9.80 Å². The highest BCUT2D eigenvalue weighted by Crippen LogP contribution is 2.54. The van der Waals surface area contributed by atoms with Crippen molar-refractivity contribution in [3.63, 3.8) is 0 Å². The molecule has 9 aromatic carbocycles. The van der Waals surface area contributed by atoms with Crippen molar-refractivity contribution in [1.82, 2.24) is 4.98 Å². The van der Waals surface area contributed by atoms with Crippen LogP contribution in [0.25, 0.3) is 111 Å². The van der Waals surface area contributed by atoms with Crippen LogP contribution >= 0.6 is 0 Å². The number of aromatic nitrogens is 1. The molecule has 0 unspecified atom stereocenters. The summed E-state index contributed by atoms with van der Waals surface area (Å²) in [4.78, 5) is 10.2. The fourth-order valence-corrected chi connectivity index (χ4v) is 10.7.